The highest BCUT2D eigenvalue weighted by atomic mass is 19.4. The number of hydrogen-bond acceptors (Lipinski definition) is 3. The highest BCUT2D eigenvalue weighted by molar-refractivity contribution is 5.79. The first kappa shape index (κ1) is 24.5. The number of aliphatic imine (C=N–C) groups is 1. The molecular weight excluding hydrogens is 395 g/mol. The first-order chi connectivity index (χ1) is 14.4. The molecule has 0 aromatic heterocycles. The number of ether oxygens (including phenoxy) is 2. The van der Waals surface area contributed by atoms with Crippen molar-refractivity contribution in [2.45, 2.75) is 45.2 Å². The molecule has 0 aliphatic carbocycles. The van der Waals surface area contributed by atoms with Crippen LogP contribution in [0.1, 0.15) is 50.2 Å². The van der Waals surface area contributed by atoms with E-state index in [1.54, 1.807) is 6.07 Å². The van der Waals surface area contributed by atoms with Crippen molar-refractivity contribution in [2.24, 2.45) is 10.9 Å². The lowest BCUT2D eigenvalue weighted by atomic mass is 9.96. The van der Waals surface area contributed by atoms with Gasteiger partial charge in [0.2, 0.25) is 0 Å². The molecule has 170 valence electrons. The molecule has 1 aliphatic heterocycles. The molecule has 1 heterocycles. The van der Waals surface area contributed by atoms with E-state index in [9.17, 15) is 13.2 Å². The maximum atomic E-state index is 12.9. The number of benzene rings is 1. The van der Waals surface area contributed by atoms with Gasteiger partial charge in [-0.25, -0.2) is 0 Å². The molecule has 5 nitrogen and oxygen atoms in total. The Bertz CT molecular complexity index is 647. The molecule has 2 N–H and O–H groups in total. The summed E-state index contributed by atoms with van der Waals surface area (Å²) in [6, 6.07) is 5.56. The predicted molar refractivity (Wildman–Crippen MR) is 113 cm³/mol. The molecule has 30 heavy (non-hydrogen) atoms. The molecule has 0 radical (unpaired) electrons. The highest BCUT2D eigenvalue weighted by Crippen LogP contribution is 2.31. The van der Waals surface area contributed by atoms with E-state index in [0.717, 1.165) is 51.2 Å². The fourth-order valence-electron chi connectivity index (χ4n) is 3.26. The molecule has 1 fully saturated rings. The third kappa shape index (κ3) is 8.92. The fourth-order valence-corrected chi connectivity index (χ4v) is 3.26. The number of alkyl halides is 3. The largest absolute Gasteiger partial charge is 0.416 e. The zero-order valence-electron chi connectivity index (χ0n) is 17.9. The van der Waals surface area contributed by atoms with Gasteiger partial charge in [-0.2, -0.15) is 13.2 Å². The Balaban J connectivity index is 1.69. The van der Waals surface area contributed by atoms with Gasteiger partial charge < -0.3 is 20.1 Å². The van der Waals surface area contributed by atoms with Gasteiger partial charge in [0.05, 0.1) is 18.8 Å². The van der Waals surface area contributed by atoms with E-state index in [1.165, 1.54) is 12.1 Å². The zero-order valence-corrected chi connectivity index (χ0v) is 17.9. The van der Waals surface area contributed by atoms with Crippen LogP contribution >= 0.6 is 0 Å². The summed E-state index contributed by atoms with van der Waals surface area (Å²) in [4.78, 5) is 4.54. The van der Waals surface area contributed by atoms with Crippen molar-refractivity contribution in [3.63, 3.8) is 0 Å². The molecule has 1 aliphatic rings. The molecule has 1 aromatic rings. The molecular formula is C22H34F3N3O2. The molecule has 8 heteroatoms. The summed E-state index contributed by atoms with van der Waals surface area (Å²) in [5, 5.41) is 6.45. The number of hydrogen-bond donors (Lipinski definition) is 2. The summed E-state index contributed by atoms with van der Waals surface area (Å²) in [7, 11) is 0. The molecule has 2 unspecified atom stereocenters. The second kappa shape index (κ2) is 12.8. The summed E-state index contributed by atoms with van der Waals surface area (Å²) < 4.78 is 49.7. The lowest BCUT2D eigenvalue weighted by molar-refractivity contribution is -0.137. The Morgan fingerprint density at radius 1 is 1.33 bits per heavy atom. The number of guanidine groups is 1. The molecule has 0 bridgehead atoms. The number of nitrogens with one attached hydrogen (secondary N) is 2. The van der Waals surface area contributed by atoms with Crippen LogP contribution in [0.5, 0.6) is 0 Å². The quantitative estimate of drug-likeness (QED) is 0.315. The highest BCUT2D eigenvalue weighted by Gasteiger charge is 2.30. The van der Waals surface area contributed by atoms with Gasteiger partial charge in [0.25, 0.3) is 0 Å². The first-order valence-electron chi connectivity index (χ1n) is 10.7. The summed E-state index contributed by atoms with van der Waals surface area (Å²) in [5.74, 6) is 1.25. The van der Waals surface area contributed by atoms with Crippen molar-refractivity contribution in [1.82, 2.24) is 10.6 Å². The van der Waals surface area contributed by atoms with Gasteiger partial charge in [-0.05, 0) is 43.7 Å². The number of nitrogens with zero attached hydrogens (tertiary/aromatic N) is 1. The SMILES string of the molecule is CCNC(=NCCCOCC1CCOC1)NCCC(C)c1cccc(C(F)(F)F)c1. The van der Waals surface area contributed by atoms with Crippen LogP contribution in [0, 0.1) is 5.92 Å². The maximum Gasteiger partial charge on any atom is 0.416 e. The Morgan fingerprint density at radius 2 is 2.17 bits per heavy atom. The normalized spacial score (nSPS) is 18.4. The second-order valence-corrected chi connectivity index (χ2v) is 7.66. The Kier molecular flexibility index (Phi) is 10.4. The molecule has 0 spiro atoms. The average Bonchev–Trinajstić information content (AvgIpc) is 3.23. The van der Waals surface area contributed by atoms with Crippen LogP contribution in [0.25, 0.3) is 0 Å². The van der Waals surface area contributed by atoms with Gasteiger partial charge in [-0.15, -0.1) is 0 Å². The Morgan fingerprint density at radius 3 is 2.87 bits per heavy atom. The van der Waals surface area contributed by atoms with Crippen molar-refractivity contribution >= 4 is 5.96 Å². The predicted octanol–water partition coefficient (Wildman–Crippen LogP) is 4.20. The van der Waals surface area contributed by atoms with Gasteiger partial charge in [0, 0.05) is 38.8 Å². The van der Waals surface area contributed by atoms with Gasteiger partial charge in [-0.1, -0.05) is 25.1 Å². The van der Waals surface area contributed by atoms with Crippen LogP contribution < -0.4 is 10.6 Å². The maximum absolute atomic E-state index is 12.9. The lowest BCUT2D eigenvalue weighted by Crippen LogP contribution is -2.38. The van der Waals surface area contributed by atoms with E-state index >= 15 is 0 Å². The van der Waals surface area contributed by atoms with Crippen LogP contribution in [0.2, 0.25) is 0 Å². The van der Waals surface area contributed by atoms with E-state index in [2.05, 4.69) is 15.6 Å². The zero-order chi connectivity index (χ0) is 21.8. The van der Waals surface area contributed by atoms with Crippen LogP contribution in [-0.2, 0) is 15.7 Å². The summed E-state index contributed by atoms with van der Waals surface area (Å²) in [6.45, 7) is 9.01. The molecule has 1 aromatic carbocycles. The second-order valence-electron chi connectivity index (χ2n) is 7.66. The molecule has 0 amide bonds. The van der Waals surface area contributed by atoms with Gasteiger partial charge in [0.15, 0.2) is 5.96 Å². The van der Waals surface area contributed by atoms with E-state index in [0.29, 0.717) is 37.6 Å². The van der Waals surface area contributed by atoms with E-state index in [4.69, 9.17) is 9.47 Å². The van der Waals surface area contributed by atoms with Crippen molar-refractivity contribution in [3.05, 3.63) is 35.4 Å². The average molecular weight is 430 g/mol. The van der Waals surface area contributed by atoms with E-state index in [-0.39, 0.29) is 5.92 Å². The third-order valence-corrected chi connectivity index (χ3v) is 5.09. The summed E-state index contributed by atoms with van der Waals surface area (Å²) in [5.41, 5.74) is 0.0933. The molecule has 1 saturated heterocycles. The third-order valence-electron chi connectivity index (χ3n) is 5.09. The van der Waals surface area contributed by atoms with Gasteiger partial charge in [-0.3, -0.25) is 4.99 Å². The molecule has 2 atom stereocenters. The van der Waals surface area contributed by atoms with E-state index in [1.807, 2.05) is 13.8 Å². The van der Waals surface area contributed by atoms with Crippen molar-refractivity contribution < 1.29 is 22.6 Å². The lowest BCUT2D eigenvalue weighted by Gasteiger charge is -2.16. The number of halogens is 3. The van der Waals surface area contributed by atoms with Gasteiger partial charge >= 0.3 is 6.18 Å². The van der Waals surface area contributed by atoms with Crippen molar-refractivity contribution in [3.8, 4) is 0 Å². The van der Waals surface area contributed by atoms with E-state index < -0.39 is 11.7 Å². The Hall–Kier alpha value is -1.80. The Labute approximate surface area is 177 Å². The minimum Gasteiger partial charge on any atom is -0.381 e. The standard InChI is InChI=1S/C22H34F3N3O2/c1-3-26-21(27-10-5-12-29-15-18-9-13-30-16-18)28-11-8-17(2)19-6-4-7-20(14-19)22(23,24)25/h4,6-7,14,17-18H,3,5,8-13,15-16H2,1-2H3,(H2,26,27,28). The summed E-state index contributed by atoms with van der Waals surface area (Å²) >= 11 is 0. The van der Waals surface area contributed by atoms with Crippen molar-refractivity contribution in [2.75, 3.05) is 46.1 Å². The van der Waals surface area contributed by atoms with Gasteiger partial charge in [0.1, 0.15) is 0 Å². The topological polar surface area (TPSA) is 54.9 Å². The van der Waals surface area contributed by atoms with Crippen LogP contribution in [0.4, 0.5) is 13.2 Å². The first-order valence-corrected chi connectivity index (χ1v) is 10.7. The minimum atomic E-state index is -4.31. The van der Waals surface area contributed by atoms with Crippen LogP contribution in [0.15, 0.2) is 29.3 Å². The van der Waals surface area contributed by atoms with Crippen LogP contribution in [-0.4, -0.2) is 52.0 Å². The minimum absolute atomic E-state index is 0.00986. The van der Waals surface area contributed by atoms with Crippen LogP contribution in [0.3, 0.4) is 0 Å². The molecule has 0 saturated carbocycles. The summed E-state index contributed by atoms with van der Waals surface area (Å²) in [6.07, 6.45) is -1.69. The smallest absolute Gasteiger partial charge is 0.381 e. The monoisotopic (exact) mass is 429 g/mol. The number of rotatable bonds is 11. The van der Waals surface area contributed by atoms with Crippen molar-refractivity contribution in [1.29, 1.82) is 0 Å². The molecule has 2 rings (SSSR count). The fraction of sp³-hybridized carbons (Fsp3) is 0.682.